The van der Waals surface area contributed by atoms with Crippen molar-refractivity contribution in [1.29, 1.82) is 0 Å². The zero-order valence-corrected chi connectivity index (χ0v) is 9.95. The molecular formula is C13H19NO2. The molecule has 88 valence electrons. The summed E-state index contributed by atoms with van der Waals surface area (Å²) < 4.78 is 11.2. The molecule has 1 heterocycles. The Hall–Kier alpha value is -1.22. The summed E-state index contributed by atoms with van der Waals surface area (Å²) in [4.78, 5) is 0. The maximum absolute atomic E-state index is 6.05. The van der Waals surface area contributed by atoms with Gasteiger partial charge in [0.15, 0.2) is 0 Å². The summed E-state index contributed by atoms with van der Waals surface area (Å²) in [6, 6.07) is 7.79. The van der Waals surface area contributed by atoms with E-state index in [4.69, 9.17) is 9.47 Å². The van der Waals surface area contributed by atoms with Crippen LogP contribution in [0.2, 0.25) is 0 Å². The van der Waals surface area contributed by atoms with Crippen LogP contribution in [0.5, 0.6) is 11.5 Å². The highest BCUT2D eigenvalue weighted by Gasteiger charge is 2.28. The summed E-state index contributed by atoms with van der Waals surface area (Å²) in [6.45, 7) is 4.25. The lowest BCUT2D eigenvalue weighted by Gasteiger charge is -2.34. The number of ether oxygens (including phenoxy) is 2. The van der Waals surface area contributed by atoms with Gasteiger partial charge in [-0.2, -0.15) is 0 Å². The van der Waals surface area contributed by atoms with Gasteiger partial charge in [0.1, 0.15) is 17.1 Å². The first-order valence-corrected chi connectivity index (χ1v) is 5.76. The molecule has 3 nitrogen and oxygen atoms in total. The summed E-state index contributed by atoms with van der Waals surface area (Å²) >= 11 is 0. The van der Waals surface area contributed by atoms with E-state index in [-0.39, 0.29) is 5.60 Å². The normalized spacial score (nSPS) is 19.1. The maximum Gasteiger partial charge on any atom is 0.120 e. The number of benzene rings is 1. The lowest BCUT2D eigenvalue weighted by molar-refractivity contribution is 0.0555. The first-order valence-electron chi connectivity index (χ1n) is 5.76. The maximum atomic E-state index is 6.05. The number of hydrogen-bond donors (Lipinski definition) is 1. The Kier molecular flexibility index (Phi) is 3.34. The molecule has 0 atom stereocenters. The van der Waals surface area contributed by atoms with Crippen LogP contribution in [0.3, 0.4) is 0 Å². The molecule has 1 aliphatic heterocycles. The monoisotopic (exact) mass is 221 g/mol. The van der Waals surface area contributed by atoms with Crippen molar-refractivity contribution in [2.75, 3.05) is 20.2 Å². The summed E-state index contributed by atoms with van der Waals surface area (Å²) in [7, 11) is 1.67. The van der Waals surface area contributed by atoms with Crippen LogP contribution in [0.4, 0.5) is 0 Å². The quantitative estimate of drug-likeness (QED) is 0.849. The number of rotatable bonds is 3. The smallest absolute Gasteiger partial charge is 0.120 e. The summed E-state index contributed by atoms with van der Waals surface area (Å²) in [5, 5.41) is 3.34. The van der Waals surface area contributed by atoms with Crippen LogP contribution in [0.25, 0.3) is 0 Å². The Morgan fingerprint density at radius 3 is 2.19 bits per heavy atom. The fraction of sp³-hybridized carbons (Fsp3) is 0.538. The molecule has 0 amide bonds. The van der Waals surface area contributed by atoms with Gasteiger partial charge in [-0.05, 0) is 57.1 Å². The first kappa shape index (κ1) is 11.3. The SMILES string of the molecule is COc1ccc(OC2(C)CCNCC2)cc1. The molecule has 0 spiro atoms. The molecule has 1 saturated heterocycles. The molecule has 0 bridgehead atoms. The van der Waals surface area contributed by atoms with Crippen LogP contribution in [-0.2, 0) is 0 Å². The highest BCUT2D eigenvalue weighted by molar-refractivity contribution is 5.31. The molecule has 16 heavy (non-hydrogen) atoms. The van der Waals surface area contributed by atoms with Crippen LogP contribution in [-0.4, -0.2) is 25.8 Å². The molecule has 1 aliphatic rings. The fourth-order valence-electron chi connectivity index (χ4n) is 1.99. The highest BCUT2D eigenvalue weighted by Crippen LogP contribution is 2.27. The van der Waals surface area contributed by atoms with Gasteiger partial charge in [-0.25, -0.2) is 0 Å². The zero-order valence-electron chi connectivity index (χ0n) is 9.95. The minimum Gasteiger partial charge on any atom is -0.497 e. The Balaban J connectivity index is 2.01. The van der Waals surface area contributed by atoms with Crippen LogP contribution in [0, 0.1) is 0 Å². The number of methoxy groups -OCH3 is 1. The van der Waals surface area contributed by atoms with Gasteiger partial charge in [0, 0.05) is 0 Å². The summed E-state index contributed by atoms with van der Waals surface area (Å²) in [5.74, 6) is 1.79. The van der Waals surface area contributed by atoms with Gasteiger partial charge >= 0.3 is 0 Å². The van der Waals surface area contributed by atoms with Crippen molar-refractivity contribution in [3.8, 4) is 11.5 Å². The molecular weight excluding hydrogens is 202 g/mol. The lowest BCUT2D eigenvalue weighted by atomic mass is 9.94. The van der Waals surface area contributed by atoms with Gasteiger partial charge in [-0.15, -0.1) is 0 Å². The molecule has 0 unspecified atom stereocenters. The molecule has 1 aromatic rings. The van der Waals surface area contributed by atoms with Gasteiger partial charge in [0.05, 0.1) is 7.11 Å². The van der Waals surface area contributed by atoms with Crippen LogP contribution in [0.1, 0.15) is 19.8 Å². The largest absolute Gasteiger partial charge is 0.497 e. The van der Waals surface area contributed by atoms with Crippen LogP contribution < -0.4 is 14.8 Å². The minimum atomic E-state index is -0.0279. The van der Waals surface area contributed by atoms with Crippen LogP contribution >= 0.6 is 0 Å². The number of hydrogen-bond acceptors (Lipinski definition) is 3. The van der Waals surface area contributed by atoms with E-state index in [0.717, 1.165) is 37.4 Å². The predicted molar refractivity (Wildman–Crippen MR) is 64.1 cm³/mol. The van der Waals surface area contributed by atoms with E-state index >= 15 is 0 Å². The average Bonchev–Trinajstić information content (AvgIpc) is 2.30. The van der Waals surface area contributed by atoms with Crippen molar-refractivity contribution in [3.05, 3.63) is 24.3 Å². The third-order valence-corrected chi connectivity index (χ3v) is 3.08. The molecule has 1 N–H and O–H groups in total. The third-order valence-electron chi connectivity index (χ3n) is 3.08. The van der Waals surface area contributed by atoms with Crippen molar-refractivity contribution in [1.82, 2.24) is 5.32 Å². The Labute approximate surface area is 96.8 Å². The molecule has 2 rings (SSSR count). The second-order valence-corrected chi connectivity index (χ2v) is 4.48. The molecule has 1 fully saturated rings. The third kappa shape index (κ3) is 2.67. The Morgan fingerprint density at radius 2 is 1.62 bits per heavy atom. The van der Waals surface area contributed by atoms with Crippen molar-refractivity contribution >= 4 is 0 Å². The standard InChI is InChI=1S/C13H19NO2/c1-13(7-9-14-10-8-13)16-12-5-3-11(15-2)4-6-12/h3-6,14H,7-10H2,1-2H3. The van der Waals surface area contributed by atoms with E-state index in [2.05, 4.69) is 12.2 Å². The molecule has 0 radical (unpaired) electrons. The van der Waals surface area contributed by atoms with E-state index in [0.29, 0.717) is 0 Å². The fourth-order valence-corrected chi connectivity index (χ4v) is 1.99. The molecule has 0 saturated carbocycles. The van der Waals surface area contributed by atoms with E-state index < -0.39 is 0 Å². The van der Waals surface area contributed by atoms with Gasteiger partial charge < -0.3 is 14.8 Å². The minimum absolute atomic E-state index is 0.0279. The molecule has 3 heteroatoms. The summed E-state index contributed by atoms with van der Waals surface area (Å²) in [5.41, 5.74) is -0.0279. The van der Waals surface area contributed by atoms with Crippen molar-refractivity contribution in [3.63, 3.8) is 0 Å². The lowest BCUT2D eigenvalue weighted by Crippen LogP contribution is -2.43. The van der Waals surface area contributed by atoms with Gasteiger partial charge in [-0.1, -0.05) is 0 Å². The molecule has 0 aromatic heterocycles. The van der Waals surface area contributed by atoms with E-state index in [9.17, 15) is 0 Å². The van der Waals surface area contributed by atoms with E-state index in [1.165, 1.54) is 0 Å². The van der Waals surface area contributed by atoms with Gasteiger partial charge in [-0.3, -0.25) is 0 Å². The topological polar surface area (TPSA) is 30.5 Å². The van der Waals surface area contributed by atoms with Crippen molar-refractivity contribution in [2.45, 2.75) is 25.4 Å². The Morgan fingerprint density at radius 1 is 1.06 bits per heavy atom. The number of piperidine rings is 1. The van der Waals surface area contributed by atoms with Gasteiger partial charge in [0.2, 0.25) is 0 Å². The second kappa shape index (κ2) is 4.74. The summed E-state index contributed by atoms with van der Waals surface area (Å²) in [6.07, 6.45) is 2.11. The first-order chi connectivity index (χ1) is 7.72. The Bertz CT molecular complexity index is 328. The van der Waals surface area contributed by atoms with E-state index in [1.807, 2.05) is 24.3 Å². The zero-order chi connectivity index (χ0) is 11.4. The second-order valence-electron chi connectivity index (χ2n) is 4.48. The number of nitrogens with one attached hydrogen (secondary N) is 1. The average molecular weight is 221 g/mol. The van der Waals surface area contributed by atoms with Gasteiger partial charge in [0.25, 0.3) is 0 Å². The van der Waals surface area contributed by atoms with Crippen LogP contribution in [0.15, 0.2) is 24.3 Å². The predicted octanol–water partition coefficient (Wildman–Crippen LogP) is 2.22. The van der Waals surface area contributed by atoms with E-state index in [1.54, 1.807) is 7.11 Å². The molecule has 1 aromatic carbocycles. The highest BCUT2D eigenvalue weighted by atomic mass is 16.5. The molecule has 0 aliphatic carbocycles. The van der Waals surface area contributed by atoms with Crippen molar-refractivity contribution < 1.29 is 9.47 Å². The van der Waals surface area contributed by atoms with Crippen molar-refractivity contribution in [2.24, 2.45) is 0 Å².